The molecule has 4 N–H and O–H groups in total. The minimum atomic E-state index is -0.704. The minimum absolute atomic E-state index is 0.0266. The maximum atomic E-state index is 13.8. The molecule has 102 valence electrons. The van der Waals surface area contributed by atoms with Crippen LogP contribution in [0.25, 0.3) is 0 Å². The zero-order chi connectivity index (χ0) is 14.5. The van der Waals surface area contributed by atoms with E-state index < -0.39 is 11.7 Å². The number of benzene rings is 1. The van der Waals surface area contributed by atoms with E-state index >= 15 is 0 Å². The number of nitrogens with one attached hydrogen (secondary N) is 1. The van der Waals surface area contributed by atoms with Gasteiger partial charge in [-0.15, -0.1) is 0 Å². The molecular formula is C12H10FN5O2. The second-order valence-corrected chi connectivity index (χ2v) is 3.77. The Kier molecular flexibility index (Phi) is 3.85. The summed E-state index contributed by atoms with van der Waals surface area (Å²) in [7, 11) is 0. The molecule has 0 saturated heterocycles. The maximum Gasteiger partial charge on any atom is 0.257 e. The van der Waals surface area contributed by atoms with Crippen LogP contribution in [0, 0.1) is 5.82 Å². The van der Waals surface area contributed by atoms with Gasteiger partial charge in [0.1, 0.15) is 5.82 Å². The van der Waals surface area contributed by atoms with Crippen molar-refractivity contribution in [3.63, 3.8) is 0 Å². The molecule has 0 bridgehead atoms. The van der Waals surface area contributed by atoms with Crippen molar-refractivity contribution in [2.75, 3.05) is 5.32 Å². The van der Waals surface area contributed by atoms with Gasteiger partial charge in [0, 0.05) is 5.56 Å². The van der Waals surface area contributed by atoms with Gasteiger partial charge >= 0.3 is 0 Å². The van der Waals surface area contributed by atoms with E-state index in [1.807, 2.05) is 0 Å². The molecule has 0 aliphatic rings. The van der Waals surface area contributed by atoms with E-state index in [0.717, 1.165) is 6.07 Å². The fourth-order valence-electron chi connectivity index (χ4n) is 1.45. The predicted molar refractivity (Wildman–Crippen MR) is 68.9 cm³/mol. The van der Waals surface area contributed by atoms with Crippen molar-refractivity contribution in [3.05, 3.63) is 53.6 Å². The monoisotopic (exact) mass is 275 g/mol. The molecule has 20 heavy (non-hydrogen) atoms. The largest absolute Gasteiger partial charge is 0.409 e. The van der Waals surface area contributed by atoms with Crippen molar-refractivity contribution < 1.29 is 14.4 Å². The smallest absolute Gasteiger partial charge is 0.257 e. The molecule has 0 unspecified atom stereocenters. The molecule has 0 fully saturated rings. The zero-order valence-electron chi connectivity index (χ0n) is 10.1. The lowest BCUT2D eigenvalue weighted by atomic mass is 10.1. The first-order chi connectivity index (χ1) is 9.61. The Morgan fingerprint density at radius 3 is 2.70 bits per heavy atom. The van der Waals surface area contributed by atoms with E-state index in [2.05, 4.69) is 20.7 Å². The molecule has 2 aromatic rings. The van der Waals surface area contributed by atoms with E-state index in [0.29, 0.717) is 0 Å². The lowest BCUT2D eigenvalue weighted by Crippen LogP contribution is -2.16. The van der Waals surface area contributed by atoms with Gasteiger partial charge in [-0.05, 0) is 24.3 Å². The second kappa shape index (κ2) is 5.74. The number of hydrogen-bond donors (Lipinski definition) is 3. The van der Waals surface area contributed by atoms with Gasteiger partial charge < -0.3 is 16.3 Å². The highest BCUT2D eigenvalue weighted by Gasteiger charge is 2.11. The third-order valence-corrected chi connectivity index (χ3v) is 2.47. The first-order valence-electron chi connectivity index (χ1n) is 5.47. The minimum Gasteiger partial charge on any atom is -0.409 e. The number of halogens is 1. The molecular weight excluding hydrogens is 265 g/mol. The van der Waals surface area contributed by atoms with Crippen LogP contribution in [0.15, 0.2) is 41.8 Å². The van der Waals surface area contributed by atoms with Gasteiger partial charge in [0.2, 0.25) is 0 Å². The third-order valence-electron chi connectivity index (χ3n) is 2.47. The quantitative estimate of drug-likeness (QED) is 0.334. The Morgan fingerprint density at radius 2 is 2.10 bits per heavy atom. The number of nitrogens with two attached hydrogens (primary N) is 1. The van der Waals surface area contributed by atoms with Crippen molar-refractivity contribution in [3.8, 4) is 0 Å². The van der Waals surface area contributed by atoms with Gasteiger partial charge in [-0.1, -0.05) is 5.16 Å². The van der Waals surface area contributed by atoms with Crippen LogP contribution in [-0.4, -0.2) is 27.1 Å². The van der Waals surface area contributed by atoms with Crippen LogP contribution < -0.4 is 11.1 Å². The molecule has 1 heterocycles. The van der Waals surface area contributed by atoms with Crippen molar-refractivity contribution >= 4 is 17.4 Å². The Morgan fingerprint density at radius 1 is 1.30 bits per heavy atom. The number of amides is 1. The standard InChI is InChI=1S/C12H10FN5O2/c13-9-5-7(11(14)18-20)1-2-10(9)17-12(19)8-3-4-15-16-6-8/h1-6,20H,(H2,14,18)(H,17,19). The first kappa shape index (κ1) is 13.4. The third kappa shape index (κ3) is 2.86. The molecule has 2 rings (SSSR count). The predicted octanol–water partition coefficient (Wildman–Crippen LogP) is 0.962. The second-order valence-electron chi connectivity index (χ2n) is 3.77. The summed E-state index contributed by atoms with van der Waals surface area (Å²) < 4.78 is 13.8. The van der Waals surface area contributed by atoms with E-state index in [9.17, 15) is 9.18 Å². The van der Waals surface area contributed by atoms with Crippen LogP contribution in [0.3, 0.4) is 0 Å². The summed E-state index contributed by atoms with van der Waals surface area (Å²) >= 11 is 0. The lowest BCUT2D eigenvalue weighted by molar-refractivity contribution is 0.102. The Bertz CT molecular complexity index is 660. The summed E-state index contributed by atoms with van der Waals surface area (Å²) in [4.78, 5) is 11.8. The van der Waals surface area contributed by atoms with E-state index in [1.54, 1.807) is 0 Å². The molecule has 1 aromatic heterocycles. The van der Waals surface area contributed by atoms with Gasteiger partial charge in [0.25, 0.3) is 5.91 Å². The van der Waals surface area contributed by atoms with Gasteiger partial charge in [-0.25, -0.2) is 4.39 Å². The van der Waals surface area contributed by atoms with Crippen molar-refractivity contribution in [2.45, 2.75) is 0 Å². The van der Waals surface area contributed by atoms with Crippen molar-refractivity contribution in [1.82, 2.24) is 10.2 Å². The number of aromatic nitrogens is 2. The highest BCUT2D eigenvalue weighted by atomic mass is 19.1. The molecule has 8 heteroatoms. The van der Waals surface area contributed by atoms with Gasteiger partial charge in [-0.3, -0.25) is 4.79 Å². The van der Waals surface area contributed by atoms with Crippen LogP contribution in [0.5, 0.6) is 0 Å². The van der Waals surface area contributed by atoms with E-state index in [1.165, 1.54) is 30.6 Å². The number of hydrogen-bond acceptors (Lipinski definition) is 5. The highest BCUT2D eigenvalue weighted by molar-refractivity contribution is 6.04. The SMILES string of the molecule is N/C(=N/O)c1ccc(NC(=O)c2ccnnc2)c(F)c1. The van der Waals surface area contributed by atoms with Crippen molar-refractivity contribution in [2.24, 2.45) is 10.9 Å². The summed E-state index contributed by atoms with van der Waals surface area (Å²) in [5.74, 6) is -1.44. The van der Waals surface area contributed by atoms with Crippen LogP contribution in [0.1, 0.15) is 15.9 Å². The molecule has 0 aliphatic heterocycles. The summed E-state index contributed by atoms with van der Waals surface area (Å²) in [5, 5.41) is 20.7. The molecule has 7 nitrogen and oxygen atoms in total. The van der Waals surface area contributed by atoms with E-state index in [4.69, 9.17) is 10.9 Å². The number of carbonyl (C=O) groups is 1. The topological polar surface area (TPSA) is 113 Å². The number of nitrogens with zero attached hydrogens (tertiary/aromatic N) is 3. The number of rotatable bonds is 3. The number of oxime groups is 1. The Labute approximate surface area is 112 Å². The molecule has 0 atom stereocenters. The fraction of sp³-hybridized carbons (Fsp3) is 0. The molecule has 0 aliphatic carbocycles. The van der Waals surface area contributed by atoms with Crippen molar-refractivity contribution in [1.29, 1.82) is 0 Å². The molecule has 0 saturated carbocycles. The Balaban J connectivity index is 2.21. The van der Waals surface area contributed by atoms with Crippen LogP contribution in [-0.2, 0) is 0 Å². The molecule has 1 amide bonds. The van der Waals surface area contributed by atoms with Gasteiger partial charge in [0.15, 0.2) is 5.84 Å². The first-order valence-corrected chi connectivity index (χ1v) is 5.47. The van der Waals surface area contributed by atoms with Crippen LogP contribution >= 0.6 is 0 Å². The number of carbonyl (C=O) groups excluding carboxylic acids is 1. The lowest BCUT2D eigenvalue weighted by Gasteiger charge is -2.07. The van der Waals surface area contributed by atoms with Crippen LogP contribution in [0.4, 0.5) is 10.1 Å². The average molecular weight is 275 g/mol. The van der Waals surface area contributed by atoms with Gasteiger partial charge in [-0.2, -0.15) is 10.2 Å². The van der Waals surface area contributed by atoms with Gasteiger partial charge in [0.05, 0.1) is 23.6 Å². The summed E-state index contributed by atoms with van der Waals surface area (Å²) in [6.45, 7) is 0. The molecule has 1 aromatic carbocycles. The van der Waals surface area contributed by atoms with E-state index in [-0.39, 0.29) is 22.6 Å². The number of amidine groups is 1. The zero-order valence-corrected chi connectivity index (χ0v) is 10.1. The van der Waals surface area contributed by atoms with Crippen LogP contribution in [0.2, 0.25) is 0 Å². The Hall–Kier alpha value is -3.03. The maximum absolute atomic E-state index is 13.8. The molecule has 0 spiro atoms. The molecule has 0 radical (unpaired) electrons. The average Bonchev–Trinajstić information content (AvgIpc) is 2.49. The summed E-state index contributed by atoms with van der Waals surface area (Å²) in [5.41, 5.74) is 5.76. The fourth-order valence-corrected chi connectivity index (χ4v) is 1.45. The normalized spacial score (nSPS) is 11.2. The summed E-state index contributed by atoms with van der Waals surface area (Å²) in [6.07, 6.45) is 2.62. The highest BCUT2D eigenvalue weighted by Crippen LogP contribution is 2.16. The summed E-state index contributed by atoms with van der Waals surface area (Å²) in [6, 6.07) is 5.23. The number of anilines is 1.